The minimum atomic E-state index is -0.170. The van der Waals surface area contributed by atoms with Gasteiger partial charge in [0.2, 0.25) is 0 Å². The minimum absolute atomic E-state index is 0.169. The Bertz CT molecular complexity index is 520. The van der Waals surface area contributed by atoms with Gasteiger partial charge in [-0.15, -0.1) is 0 Å². The number of amides is 1. The number of hydrogen-bond acceptors (Lipinski definition) is 4. The van der Waals surface area contributed by atoms with E-state index >= 15 is 0 Å². The highest BCUT2D eigenvalue weighted by Gasteiger charge is 2.28. The molecule has 1 heterocycles. The van der Waals surface area contributed by atoms with Crippen molar-refractivity contribution in [2.75, 3.05) is 14.2 Å². The molecule has 5 nitrogen and oxygen atoms in total. The van der Waals surface area contributed by atoms with Gasteiger partial charge in [-0.3, -0.25) is 4.79 Å². The Morgan fingerprint density at radius 1 is 1.44 bits per heavy atom. The van der Waals surface area contributed by atoms with Crippen molar-refractivity contribution < 1.29 is 14.3 Å². The van der Waals surface area contributed by atoms with E-state index in [4.69, 9.17) is 14.7 Å². The third-order valence-corrected chi connectivity index (χ3v) is 3.02. The SMILES string of the molecule is COc1ccc2c(c1OC)CC(CC#N)NC2=O. The first-order chi connectivity index (χ1) is 8.71. The van der Waals surface area contributed by atoms with Crippen molar-refractivity contribution in [3.8, 4) is 17.6 Å². The van der Waals surface area contributed by atoms with E-state index in [1.54, 1.807) is 26.4 Å². The van der Waals surface area contributed by atoms with Crippen LogP contribution in [0.3, 0.4) is 0 Å². The van der Waals surface area contributed by atoms with Crippen LogP contribution in [-0.4, -0.2) is 26.2 Å². The van der Waals surface area contributed by atoms with Crippen molar-refractivity contribution in [2.45, 2.75) is 18.9 Å². The Morgan fingerprint density at radius 3 is 2.83 bits per heavy atom. The first-order valence-electron chi connectivity index (χ1n) is 5.63. The van der Waals surface area contributed by atoms with E-state index in [2.05, 4.69) is 11.4 Å². The Balaban J connectivity index is 2.48. The molecule has 1 aliphatic rings. The summed E-state index contributed by atoms with van der Waals surface area (Å²) in [6.07, 6.45) is 0.862. The summed E-state index contributed by atoms with van der Waals surface area (Å²) >= 11 is 0. The van der Waals surface area contributed by atoms with Crippen LogP contribution in [0.4, 0.5) is 0 Å². The van der Waals surface area contributed by atoms with Gasteiger partial charge in [-0.05, 0) is 18.6 Å². The first kappa shape index (κ1) is 12.2. The summed E-state index contributed by atoms with van der Waals surface area (Å²) in [5, 5.41) is 11.5. The third-order valence-electron chi connectivity index (χ3n) is 3.02. The lowest BCUT2D eigenvalue weighted by Crippen LogP contribution is -2.41. The van der Waals surface area contributed by atoms with Gasteiger partial charge in [0.1, 0.15) is 0 Å². The number of benzene rings is 1. The van der Waals surface area contributed by atoms with E-state index in [9.17, 15) is 4.79 Å². The average Bonchev–Trinajstić information content (AvgIpc) is 2.37. The van der Waals surface area contributed by atoms with Crippen LogP contribution < -0.4 is 14.8 Å². The van der Waals surface area contributed by atoms with Crippen molar-refractivity contribution in [2.24, 2.45) is 0 Å². The standard InChI is InChI=1S/C13H14N2O3/c1-17-11-4-3-9-10(12(11)18-2)7-8(5-6-14)15-13(9)16/h3-4,8H,5,7H2,1-2H3,(H,15,16). The maximum Gasteiger partial charge on any atom is 0.251 e. The highest BCUT2D eigenvalue weighted by atomic mass is 16.5. The van der Waals surface area contributed by atoms with Crippen molar-refractivity contribution in [1.82, 2.24) is 5.32 Å². The molecule has 1 aromatic rings. The number of nitrogens with one attached hydrogen (secondary N) is 1. The summed E-state index contributed by atoms with van der Waals surface area (Å²) in [6.45, 7) is 0. The molecule has 1 N–H and O–H groups in total. The van der Waals surface area contributed by atoms with E-state index in [0.717, 1.165) is 5.56 Å². The van der Waals surface area contributed by atoms with Gasteiger partial charge in [-0.1, -0.05) is 0 Å². The number of nitriles is 1. The van der Waals surface area contributed by atoms with Gasteiger partial charge < -0.3 is 14.8 Å². The lowest BCUT2D eigenvalue weighted by molar-refractivity contribution is 0.0925. The van der Waals surface area contributed by atoms with E-state index in [-0.39, 0.29) is 18.4 Å². The predicted molar refractivity (Wildman–Crippen MR) is 64.7 cm³/mol. The lowest BCUT2D eigenvalue weighted by atomic mass is 9.92. The number of ether oxygens (including phenoxy) is 2. The molecule has 5 heteroatoms. The fourth-order valence-corrected chi connectivity index (χ4v) is 2.20. The van der Waals surface area contributed by atoms with E-state index in [1.807, 2.05) is 0 Å². The molecule has 1 atom stereocenters. The summed E-state index contributed by atoms with van der Waals surface area (Å²) in [7, 11) is 3.10. The van der Waals surface area contributed by atoms with Crippen molar-refractivity contribution in [3.05, 3.63) is 23.3 Å². The van der Waals surface area contributed by atoms with Gasteiger partial charge >= 0.3 is 0 Å². The second kappa shape index (κ2) is 4.96. The molecule has 2 rings (SSSR count). The highest BCUT2D eigenvalue weighted by molar-refractivity contribution is 5.98. The van der Waals surface area contributed by atoms with Crippen molar-refractivity contribution >= 4 is 5.91 Å². The maximum absolute atomic E-state index is 11.9. The second-order valence-electron chi connectivity index (χ2n) is 4.06. The fourth-order valence-electron chi connectivity index (χ4n) is 2.20. The monoisotopic (exact) mass is 246 g/mol. The Labute approximate surface area is 105 Å². The summed E-state index contributed by atoms with van der Waals surface area (Å²) in [5.41, 5.74) is 1.39. The molecular formula is C13H14N2O3. The minimum Gasteiger partial charge on any atom is -0.493 e. The molecule has 1 unspecified atom stereocenters. The smallest absolute Gasteiger partial charge is 0.251 e. The van der Waals surface area contributed by atoms with E-state index in [1.165, 1.54) is 0 Å². The number of rotatable bonds is 3. The van der Waals surface area contributed by atoms with Gasteiger partial charge in [0.05, 0.1) is 26.7 Å². The van der Waals surface area contributed by atoms with Crippen LogP contribution in [0.15, 0.2) is 12.1 Å². The molecule has 0 saturated heterocycles. The van der Waals surface area contributed by atoms with Crippen molar-refractivity contribution in [3.63, 3.8) is 0 Å². The average molecular weight is 246 g/mol. The Kier molecular flexibility index (Phi) is 3.38. The number of carbonyl (C=O) groups is 1. The Hall–Kier alpha value is -2.22. The lowest BCUT2D eigenvalue weighted by Gasteiger charge is -2.26. The molecule has 0 aromatic heterocycles. The van der Waals surface area contributed by atoms with Crippen LogP contribution in [-0.2, 0) is 6.42 Å². The molecule has 0 saturated carbocycles. The first-order valence-corrected chi connectivity index (χ1v) is 5.63. The zero-order valence-corrected chi connectivity index (χ0v) is 10.3. The zero-order valence-electron chi connectivity index (χ0n) is 10.3. The molecule has 0 radical (unpaired) electrons. The molecule has 1 aromatic carbocycles. The second-order valence-corrected chi connectivity index (χ2v) is 4.06. The molecule has 1 amide bonds. The van der Waals surface area contributed by atoms with Gasteiger partial charge in [-0.2, -0.15) is 5.26 Å². The molecule has 18 heavy (non-hydrogen) atoms. The maximum atomic E-state index is 11.9. The quantitative estimate of drug-likeness (QED) is 0.871. The molecule has 94 valence electrons. The van der Waals surface area contributed by atoms with Gasteiger partial charge in [0, 0.05) is 17.2 Å². The topological polar surface area (TPSA) is 71.3 Å². The molecule has 1 aliphatic heterocycles. The van der Waals surface area contributed by atoms with Crippen LogP contribution in [0, 0.1) is 11.3 Å². The molecule has 0 bridgehead atoms. The van der Waals surface area contributed by atoms with Crippen LogP contribution >= 0.6 is 0 Å². The number of carbonyl (C=O) groups excluding carboxylic acids is 1. The summed E-state index contributed by atoms with van der Waals surface area (Å²) in [4.78, 5) is 11.9. The number of nitrogens with zero attached hydrogens (tertiary/aromatic N) is 1. The Morgan fingerprint density at radius 2 is 2.22 bits per heavy atom. The molecule has 0 fully saturated rings. The van der Waals surface area contributed by atoms with Crippen LogP contribution in [0.5, 0.6) is 11.5 Å². The highest BCUT2D eigenvalue weighted by Crippen LogP contribution is 2.36. The van der Waals surface area contributed by atoms with Gasteiger partial charge in [0.15, 0.2) is 11.5 Å². The molecule has 0 aliphatic carbocycles. The van der Waals surface area contributed by atoms with Crippen LogP contribution in [0.2, 0.25) is 0 Å². The van der Waals surface area contributed by atoms with E-state index in [0.29, 0.717) is 23.5 Å². The van der Waals surface area contributed by atoms with Crippen LogP contribution in [0.25, 0.3) is 0 Å². The fraction of sp³-hybridized carbons (Fsp3) is 0.385. The zero-order chi connectivity index (χ0) is 13.1. The van der Waals surface area contributed by atoms with Crippen molar-refractivity contribution in [1.29, 1.82) is 5.26 Å². The number of fused-ring (bicyclic) bond motifs is 1. The third kappa shape index (κ3) is 1.97. The van der Waals surface area contributed by atoms with Gasteiger partial charge in [-0.25, -0.2) is 0 Å². The largest absolute Gasteiger partial charge is 0.493 e. The van der Waals surface area contributed by atoms with E-state index < -0.39 is 0 Å². The summed E-state index contributed by atoms with van der Waals surface area (Å²) in [6, 6.07) is 5.32. The normalized spacial score (nSPS) is 17.4. The number of methoxy groups -OCH3 is 2. The molecule has 0 spiro atoms. The van der Waals surface area contributed by atoms with Gasteiger partial charge in [0.25, 0.3) is 5.91 Å². The summed E-state index contributed by atoms with van der Waals surface area (Å²) in [5.74, 6) is 1.01. The molecular weight excluding hydrogens is 232 g/mol. The number of hydrogen-bond donors (Lipinski definition) is 1. The van der Waals surface area contributed by atoms with Crippen LogP contribution in [0.1, 0.15) is 22.3 Å². The predicted octanol–water partition coefficient (Wildman–Crippen LogP) is 1.27. The summed E-state index contributed by atoms with van der Waals surface area (Å²) < 4.78 is 10.5.